The van der Waals surface area contributed by atoms with Gasteiger partial charge in [0.25, 0.3) is 0 Å². The molecule has 0 spiro atoms. The Kier molecular flexibility index (Phi) is 4.04. The number of amides is 1. The zero-order chi connectivity index (χ0) is 15.7. The van der Waals surface area contributed by atoms with Crippen LogP contribution < -0.4 is 5.32 Å². The van der Waals surface area contributed by atoms with E-state index in [1.165, 1.54) is 36.4 Å². The Labute approximate surface area is 133 Å². The SMILES string of the molecule is O=C(Cc1c(F)cccc1Cl)Nc1nc2ccc(F)cc2s1. The summed E-state index contributed by atoms with van der Waals surface area (Å²) >= 11 is 7.03. The molecule has 0 saturated carbocycles. The maximum absolute atomic E-state index is 13.6. The molecule has 2 aromatic carbocycles. The number of nitrogens with zero attached hydrogens (tertiary/aromatic N) is 1. The summed E-state index contributed by atoms with van der Waals surface area (Å²) in [5.41, 5.74) is 0.722. The van der Waals surface area contributed by atoms with Crippen LogP contribution in [0.3, 0.4) is 0 Å². The monoisotopic (exact) mass is 338 g/mol. The fourth-order valence-corrected chi connectivity index (χ4v) is 3.11. The van der Waals surface area contributed by atoms with Gasteiger partial charge in [-0.1, -0.05) is 29.0 Å². The lowest BCUT2D eigenvalue weighted by molar-refractivity contribution is -0.115. The first kappa shape index (κ1) is 14.9. The average Bonchev–Trinajstić information content (AvgIpc) is 2.84. The van der Waals surface area contributed by atoms with E-state index in [9.17, 15) is 13.6 Å². The molecule has 0 fully saturated rings. The molecule has 0 aliphatic carbocycles. The van der Waals surface area contributed by atoms with Crippen molar-refractivity contribution in [2.45, 2.75) is 6.42 Å². The Morgan fingerprint density at radius 2 is 2.09 bits per heavy atom. The first-order valence-corrected chi connectivity index (χ1v) is 7.51. The van der Waals surface area contributed by atoms with Crippen LogP contribution in [-0.4, -0.2) is 10.9 Å². The minimum absolute atomic E-state index is 0.133. The summed E-state index contributed by atoms with van der Waals surface area (Å²) in [4.78, 5) is 16.2. The molecule has 3 rings (SSSR count). The zero-order valence-electron chi connectivity index (χ0n) is 11.1. The van der Waals surface area contributed by atoms with E-state index in [2.05, 4.69) is 10.3 Å². The molecular weight excluding hydrogens is 330 g/mol. The molecular formula is C15H9ClF2N2OS. The third-order valence-electron chi connectivity index (χ3n) is 3.00. The second kappa shape index (κ2) is 5.98. The molecule has 1 N–H and O–H groups in total. The number of thiazole rings is 1. The van der Waals surface area contributed by atoms with E-state index in [-0.39, 0.29) is 22.8 Å². The number of benzene rings is 2. The number of anilines is 1. The Morgan fingerprint density at radius 1 is 1.27 bits per heavy atom. The molecule has 3 aromatic rings. The van der Waals surface area contributed by atoms with E-state index < -0.39 is 11.7 Å². The van der Waals surface area contributed by atoms with E-state index in [0.29, 0.717) is 15.3 Å². The highest BCUT2D eigenvalue weighted by Gasteiger charge is 2.14. The van der Waals surface area contributed by atoms with Gasteiger partial charge in [-0.25, -0.2) is 13.8 Å². The molecule has 3 nitrogen and oxygen atoms in total. The average molecular weight is 339 g/mol. The van der Waals surface area contributed by atoms with E-state index in [0.717, 1.165) is 11.3 Å². The topological polar surface area (TPSA) is 42.0 Å². The van der Waals surface area contributed by atoms with Crippen molar-refractivity contribution < 1.29 is 13.6 Å². The van der Waals surface area contributed by atoms with Gasteiger partial charge in [0.15, 0.2) is 5.13 Å². The summed E-state index contributed by atoms with van der Waals surface area (Å²) in [6.45, 7) is 0. The Morgan fingerprint density at radius 3 is 2.86 bits per heavy atom. The van der Waals surface area contributed by atoms with Gasteiger partial charge in [0.1, 0.15) is 11.6 Å². The van der Waals surface area contributed by atoms with Gasteiger partial charge in [-0.15, -0.1) is 0 Å². The predicted octanol–water partition coefficient (Wildman–Crippen LogP) is 4.41. The molecule has 0 radical (unpaired) electrons. The summed E-state index contributed by atoms with van der Waals surface area (Å²) in [5.74, 6) is -1.34. The van der Waals surface area contributed by atoms with Crippen LogP contribution in [-0.2, 0) is 11.2 Å². The van der Waals surface area contributed by atoms with Crippen LogP contribution in [0.4, 0.5) is 13.9 Å². The van der Waals surface area contributed by atoms with Crippen LogP contribution in [0.15, 0.2) is 36.4 Å². The van der Waals surface area contributed by atoms with E-state index in [1.54, 1.807) is 0 Å². The molecule has 0 unspecified atom stereocenters. The first-order valence-electron chi connectivity index (χ1n) is 6.32. The summed E-state index contributed by atoms with van der Waals surface area (Å²) in [6, 6.07) is 8.41. The van der Waals surface area contributed by atoms with Crippen LogP contribution >= 0.6 is 22.9 Å². The van der Waals surface area contributed by atoms with E-state index in [4.69, 9.17) is 11.6 Å². The van der Waals surface area contributed by atoms with Crippen molar-refractivity contribution in [3.05, 3.63) is 58.6 Å². The van der Waals surface area contributed by atoms with Gasteiger partial charge in [0.05, 0.1) is 16.6 Å². The van der Waals surface area contributed by atoms with Gasteiger partial charge in [0, 0.05) is 10.6 Å². The lowest BCUT2D eigenvalue weighted by Crippen LogP contribution is -2.15. The maximum atomic E-state index is 13.6. The molecule has 0 bridgehead atoms. The molecule has 22 heavy (non-hydrogen) atoms. The standard InChI is InChI=1S/C15H9ClF2N2OS/c16-10-2-1-3-11(18)9(10)7-14(21)20-15-19-12-5-4-8(17)6-13(12)22-15/h1-6H,7H2,(H,19,20,21). The van der Waals surface area contributed by atoms with Gasteiger partial charge in [0.2, 0.25) is 5.91 Å². The van der Waals surface area contributed by atoms with Crippen molar-refractivity contribution >= 4 is 44.2 Å². The summed E-state index contributed by atoms with van der Waals surface area (Å²) < 4.78 is 27.4. The van der Waals surface area contributed by atoms with Crippen LogP contribution in [0.2, 0.25) is 5.02 Å². The summed E-state index contributed by atoms with van der Waals surface area (Å²) in [7, 11) is 0. The quantitative estimate of drug-likeness (QED) is 0.768. The van der Waals surface area contributed by atoms with Gasteiger partial charge < -0.3 is 5.32 Å². The number of hydrogen-bond donors (Lipinski definition) is 1. The second-order valence-electron chi connectivity index (χ2n) is 4.56. The van der Waals surface area contributed by atoms with Gasteiger partial charge >= 0.3 is 0 Å². The number of carbonyl (C=O) groups is 1. The van der Waals surface area contributed by atoms with E-state index >= 15 is 0 Å². The molecule has 0 atom stereocenters. The molecule has 0 saturated heterocycles. The van der Waals surface area contributed by atoms with Crippen molar-refractivity contribution in [1.29, 1.82) is 0 Å². The van der Waals surface area contributed by atoms with Crippen LogP contribution in [0, 0.1) is 11.6 Å². The highest BCUT2D eigenvalue weighted by atomic mass is 35.5. The van der Waals surface area contributed by atoms with Crippen molar-refractivity contribution in [1.82, 2.24) is 4.98 Å². The molecule has 1 heterocycles. The van der Waals surface area contributed by atoms with Crippen molar-refractivity contribution in [3.63, 3.8) is 0 Å². The first-order chi connectivity index (χ1) is 10.5. The predicted molar refractivity (Wildman–Crippen MR) is 83.3 cm³/mol. The van der Waals surface area contributed by atoms with Gasteiger partial charge in [-0.2, -0.15) is 0 Å². The molecule has 112 valence electrons. The zero-order valence-corrected chi connectivity index (χ0v) is 12.6. The minimum Gasteiger partial charge on any atom is -0.302 e. The minimum atomic E-state index is -0.533. The number of aromatic nitrogens is 1. The number of carbonyl (C=O) groups excluding carboxylic acids is 1. The number of nitrogens with one attached hydrogen (secondary N) is 1. The highest BCUT2D eigenvalue weighted by molar-refractivity contribution is 7.22. The number of fused-ring (bicyclic) bond motifs is 1. The van der Waals surface area contributed by atoms with Crippen LogP contribution in [0.25, 0.3) is 10.2 Å². The number of rotatable bonds is 3. The summed E-state index contributed by atoms with van der Waals surface area (Å²) in [5, 5.41) is 3.10. The van der Waals surface area contributed by atoms with Crippen LogP contribution in [0.1, 0.15) is 5.56 Å². The lowest BCUT2D eigenvalue weighted by atomic mass is 10.1. The van der Waals surface area contributed by atoms with Crippen LogP contribution in [0.5, 0.6) is 0 Å². The molecule has 7 heteroatoms. The Bertz CT molecular complexity index is 846. The lowest BCUT2D eigenvalue weighted by Gasteiger charge is -2.05. The third kappa shape index (κ3) is 3.08. The fourth-order valence-electron chi connectivity index (χ4n) is 1.98. The van der Waals surface area contributed by atoms with Crippen molar-refractivity contribution in [2.24, 2.45) is 0 Å². The normalized spacial score (nSPS) is 10.9. The van der Waals surface area contributed by atoms with Crippen molar-refractivity contribution in [3.8, 4) is 0 Å². The van der Waals surface area contributed by atoms with Gasteiger partial charge in [-0.3, -0.25) is 4.79 Å². The summed E-state index contributed by atoms with van der Waals surface area (Å²) in [6.07, 6.45) is -0.199. The Balaban J connectivity index is 1.78. The molecule has 0 aliphatic heterocycles. The van der Waals surface area contributed by atoms with Crippen molar-refractivity contribution in [2.75, 3.05) is 5.32 Å². The molecule has 0 aliphatic rings. The van der Waals surface area contributed by atoms with E-state index in [1.807, 2.05) is 0 Å². The Hall–Kier alpha value is -2.05. The van der Waals surface area contributed by atoms with Gasteiger partial charge in [-0.05, 0) is 30.3 Å². The highest BCUT2D eigenvalue weighted by Crippen LogP contribution is 2.27. The number of halogens is 3. The number of hydrogen-bond acceptors (Lipinski definition) is 3. The maximum Gasteiger partial charge on any atom is 0.230 e. The molecule has 1 amide bonds. The smallest absolute Gasteiger partial charge is 0.230 e. The largest absolute Gasteiger partial charge is 0.302 e. The third-order valence-corrected chi connectivity index (χ3v) is 4.28. The molecule has 1 aromatic heterocycles. The fraction of sp³-hybridized carbons (Fsp3) is 0.0667. The second-order valence-corrected chi connectivity index (χ2v) is 5.99.